The molecule has 0 aromatic carbocycles. The van der Waals surface area contributed by atoms with Crippen molar-refractivity contribution < 1.29 is 0 Å². The van der Waals surface area contributed by atoms with E-state index in [2.05, 4.69) is 9.97 Å². The standard InChI is InChI=1S/C7H6N2OS2/c1-3-2-4-5(10)8-7(11)9-6(4)12-3/h2H,1H3,(H2,8,9,10,11). The molecule has 2 rings (SSSR count). The van der Waals surface area contributed by atoms with E-state index in [9.17, 15) is 4.79 Å². The summed E-state index contributed by atoms with van der Waals surface area (Å²) < 4.78 is 0.384. The third kappa shape index (κ3) is 1.11. The van der Waals surface area contributed by atoms with Gasteiger partial charge in [-0.1, -0.05) is 0 Å². The number of nitrogens with one attached hydrogen (secondary N) is 2. The zero-order chi connectivity index (χ0) is 8.72. The van der Waals surface area contributed by atoms with Gasteiger partial charge in [-0.2, -0.15) is 0 Å². The van der Waals surface area contributed by atoms with Crippen molar-refractivity contribution in [2.75, 3.05) is 0 Å². The lowest BCUT2D eigenvalue weighted by Crippen LogP contribution is -2.05. The van der Waals surface area contributed by atoms with Crippen LogP contribution in [0.4, 0.5) is 0 Å². The Morgan fingerprint density at radius 1 is 1.50 bits per heavy atom. The molecular weight excluding hydrogens is 192 g/mol. The van der Waals surface area contributed by atoms with Gasteiger partial charge in [-0.05, 0) is 25.2 Å². The van der Waals surface area contributed by atoms with Crippen molar-refractivity contribution in [2.45, 2.75) is 6.92 Å². The van der Waals surface area contributed by atoms with Gasteiger partial charge in [0.1, 0.15) is 4.83 Å². The minimum absolute atomic E-state index is 0.113. The largest absolute Gasteiger partial charge is 0.323 e. The molecule has 0 aliphatic rings. The molecule has 0 radical (unpaired) electrons. The van der Waals surface area contributed by atoms with E-state index in [1.165, 1.54) is 11.3 Å². The van der Waals surface area contributed by atoms with Crippen LogP contribution in [0.1, 0.15) is 4.88 Å². The average molecular weight is 198 g/mol. The summed E-state index contributed by atoms with van der Waals surface area (Å²) in [6.07, 6.45) is 0. The van der Waals surface area contributed by atoms with E-state index in [-0.39, 0.29) is 5.56 Å². The van der Waals surface area contributed by atoms with Gasteiger partial charge in [0.05, 0.1) is 5.39 Å². The highest BCUT2D eigenvalue weighted by Crippen LogP contribution is 2.18. The zero-order valence-corrected chi connectivity index (χ0v) is 7.94. The minimum atomic E-state index is -0.113. The fraction of sp³-hybridized carbons (Fsp3) is 0.143. The third-order valence-corrected chi connectivity index (χ3v) is 2.72. The van der Waals surface area contributed by atoms with Gasteiger partial charge in [0.15, 0.2) is 4.77 Å². The van der Waals surface area contributed by atoms with Crippen LogP contribution in [0.3, 0.4) is 0 Å². The Hall–Kier alpha value is -0.940. The molecule has 2 heterocycles. The molecule has 62 valence electrons. The van der Waals surface area contributed by atoms with Crippen molar-refractivity contribution in [1.29, 1.82) is 0 Å². The SMILES string of the molecule is Cc1cc2c(=O)[nH]c(=S)[nH]c2s1. The van der Waals surface area contributed by atoms with Gasteiger partial charge in [-0.3, -0.25) is 9.78 Å². The van der Waals surface area contributed by atoms with Crippen molar-refractivity contribution in [3.8, 4) is 0 Å². The molecule has 0 unspecified atom stereocenters. The van der Waals surface area contributed by atoms with E-state index in [0.717, 1.165) is 9.71 Å². The summed E-state index contributed by atoms with van der Waals surface area (Å²) in [6.45, 7) is 1.96. The van der Waals surface area contributed by atoms with Crippen molar-refractivity contribution in [1.82, 2.24) is 9.97 Å². The van der Waals surface area contributed by atoms with Crippen molar-refractivity contribution in [2.24, 2.45) is 0 Å². The first-order valence-electron chi connectivity index (χ1n) is 3.39. The van der Waals surface area contributed by atoms with E-state index < -0.39 is 0 Å². The topological polar surface area (TPSA) is 48.6 Å². The molecule has 5 heteroatoms. The molecule has 0 aliphatic heterocycles. The highest BCUT2D eigenvalue weighted by molar-refractivity contribution is 7.71. The van der Waals surface area contributed by atoms with Gasteiger partial charge >= 0.3 is 0 Å². The summed E-state index contributed by atoms with van der Waals surface area (Å²) in [4.78, 5) is 18.7. The molecule has 12 heavy (non-hydrogen) atoms. The molecule has 2 aromatic rings. The monoisotopic (exact) mass is 198 g/mol. The van der Waals surface area contributed by atoms with Crippen LogP contribution in [0.15, 0.2) is 10.9 Å². The minimum Gasteiger partial charge on any atom is -0.323 e. The second kappa shape index (κ2) is 2.53. The van der Waals surface area contributed by atoms with Crippen LogP contribution in [0.5, 0.6) is 0 Å². The highest BCUT2D eigenvalue weighted by Gasteiger charge is 2.01. The Balaban J connectivity index is 3.08. The Morgan fingerprint density at radius 2 is 2.25 bits per heavy atom. The quantitative estimate of drug-likeness (QED) is 0.636. The van der Waals surface area contributed by atoms with Crippen molar-refractivity contribution in [3.05, 3.63) is 26.1 Å². The lowest BCUT2D eigenvalue weighted by atomic mass is 10.4. The lowest BCUT2D eigenvalue weighted by molar-refractivity contribution is 1.15. The summed E-state index contributed by atoms with van der Waals surface area (Å²) >= 11 is 6.37. The molecule has 0 saturated heterocycles. The second-order valence-corrected chi connectivity index (χ2v) is 4.17. The summed E-state index contributed by atoms with van der Waals surface area (Å²) in [5.41, 5.74) is -0.113. The molecule has 0 aliphatic carbocycles. The predicted molar refractivity (Wildman–Crippen MR) is 52.4 cm³/mol. The van der Waals surface area contributed by atoms with E-state index in [4.69, 9.17) is 12.2 Å². The average Bonchev–Trinajstić information content (AvgIpc) is 2.29. The number of aromatic amines is 2. The summed E-state index contributed by atoms with van der Waals surface area (Å²) in [5, 5.41) is 0.686. The fourth-order valence-corrected chi connectivity index (χ4v) is 2.25. The molecule has 2 N–H and O–H groups in total. The van der Waals surface area contributed by atoms with Crippen LogP contribution in [0.25, 0.3) is 10.2 Å². The molecule has 0 bridgehead atoms. The van der Waals surface area contributed by atoms with Gasteiger partial charge in [0.25, 0.3) is 5.56 Å². The van der Waals surface area contributed by atoms with E-state index >= 15 is 0 Å². The maximum Gasteiger partial charge on any atom is 0.260 e. The van der Waals surface area contributed by atoms with Gasteiger partial charge in [0, 0.05) is 4.88 Å². The van der Waals surface area contributed by atoms with Crippen LogP contribution in [0.2, 0.25) is 0 Å². The first-order chi connectivity index (χ1) is 5.66. The number of aryl methyl sites for hydroxylation is 1. The maximum atomic E-state index is 11.3. The number of fused-ring (bicyclic) bond motifs is 1. The van der Waals surface area contributed by atoms with Gasteiger partial charge < -0.3 is 4.98 Å². The van der Waals surface area contributed by atoms with Crippen LogP contribution < -0.4 is 5.56 Å². The first-order valence-corrected chi connectivity index (χ1v) is 4.62. The molecule has 0 amide bonds. The lowest BCUT2D eigenvalue weighted by Gasteiger charge is -1.86. The Labute approximate surface area is 77.1 Å². The van der Waals surface area contributed by atoms with Crippen molar-refractivity contribution in [3.63, 3.8) is 0 Å². The summed E-state index contributed by atoms with van der Waals surface area (Å²) in [6, 6.07) is 1.85. The molecule has 0 fully saturated rings. The number of rotatable bonds is 0. The fourth-order valence-electron chi connectivity index (χ4n) is 1.08. The Kier molecular flexibility index (Phi) is 1.62. The van der Waals surface area contributed by atoms with E-state index in [1.807, 2.05) is 13.0 Å². The first kappa shape index (κ1) is 7.70. The smallest absolute Gasteiger partial charge is 0.260 e. The van der Waals surface area contributed by atoms with Crippen LogP contribution in [-0.4, -0.2) is 9.97 Å². The maximum absolute atomic E-state index is 11.3. The molecular formula is C7H6N2OS2. The normalized spacial score (nSPS) is 10.8. The van der Waals surface area contributed by atoms with Crippen LogP contribution in [-0.2, 0) is 0 Å². The van der Waals surface area contributed by atoms with Crippen LogP contribution in [0, 0.1) is 11.7 Å². The number of thiophene rings is 1. The van der Waals surface area contributed by atoms with Gasteiger partial charge in [-0.25, -0.2) is 0 Å². The molecule has 2 aromatic heterocycles. The van der Waals surface area contributed by atoms with Gasteiger partial charge in [-0.15, -0.1) is 11.3 Å². The highest BCUT2D eigenvalue weighted by atomic mass is 32.1. The number of H-pyrrole nitrogens is 2. The predicted octanol–water partition coefficient (Wildman–Crippen LogP) is 1.96. The molecule has 0 spiro atoms. The molecule has 0 saturated carbocycles. The second-order valence-electron chi connectivity index (χ2n) is 2.51. The number of hydrogen-bond acceptors (Lipinski definition) is 3. The Morgan fingerprint density at radius 3 is 3.00 bits per heavy atom. The Bertz CT molecular complexity index is 534. The number of hydrogen-bond donors (Lipinski definition) is 2. The summed E-state index contributed by atoms with van der Waals surface area (Å²) in [5.74, 6) is 0. The third-order valence-electron chi connectivity index (χ3n) is 1.55. The van der Waals surface area contributed by atoms with E-state index in [0.29, 0.717) is 10.2 Å². The molecule has 0 atom stereocenters. The van der Waals surface area contributed by atoms with Gasteiger partial charge in [0.2, 0.25) is 0 Å². The number of aromatic nitrogens is 2. The van der Waals surface area contributed by atoms with Crippen molar-refractivity contribution >= 4 is 33.8 Å². The summed E-state index contributed by atoms with van der Waals surface area (Å²) in [7, 11) is 0. The van der Waals surface area contributed by atoms with Crippen LogP contribution >= 0.6 is 23.6 Å². The zero-order valence-electron chi connectivity index (χ0n) is 6.30. The van der Waals surface area contributed by atoms with E-state index in [1.54, 1.807) is 0 Å². The molecule has 3 nitrogen and oxygen atoms in total.